The zero-order valence-electron chi connectivity index (χ0n) is 10.0. The topological polar surface area (TPSA) is 41.1 Å². The van der Waals surface area contributed by atoms with E-state index in [9.17, 15) is 9.18 Å². The largest absolute Gasteiger partial charge is 0.374 e. The zero-order chi connectivity index (χ0) is 13.0. The summed E-state index contributed by atoms with van der Waals surface area (Å²) >= 11 is 3.19. The van der Waals surface area contributed by atoms with Crippen LogP contribution in [-0.2, 0) is 4.79 Å². The minimum atomic E-state index is -0.363. The van der Waals surface area contributed by atoms with Gasteiger partial charge in [0, 0.05) is 10.5 Å². The highest BCUT2D eigenvalue weighted by Crippen LogP contribution is 2.19. The van der Waals surface area contributed by atoms with E-state index in [1.165, 1.54) is 18.9 Å². The number of rotatable bonds is 4. The van der Waals surface area contributed by atoms with Crippen molar-refractivity contribution >= 4 is 27.5 Å². The molecule has 2 rings (SSSR count). The molecule has 0 bridgehead atoms. The molecule has 1 aliphatic rings. The first kappa shape index (κ1) is 13.3. The number of benzene rings is 1. The van der Waals surface area contributed by atoms with E-state index >= 15 is 0 Å². The summed E-state index contributed by atoms with van der Waals surface area (Å²) in [6, 6.07) is 5.02. The van der Waals surface area contributed by atoms with Gasteiger partial charge in [0.2, 0.25) is 5.91 Å². The van der Waals surface area contributed by atoms with Gasteiger partial charge < -0.3 is 10.6 Å². The maximum Gasteiger partial charge on any atom is 0.239 e. The zero-order valence-corrected chi connectivity index (χ0v) is 11.6. The van der Waals surface area contributed by atoms with Crippen molar-refractivity contribution in [3.63, 3.8) is 0 Å². The van der Waals surface area contributed by atoms with Crippen LogP contribution >= 0.6 is 15.9 Å². The van der Waals surface area contributed by atoms with Gasteiger partial charge in [-0.1, -0.05) is 28.8 Å². The Hall–Kier alpha value is -1.10. The number of hydrogen-bond donors (Lipinski definition) is 2. The van der Waals surface area contributed by atoms with Gasteiger partial charge in [0.25, 0.3) is 0 Å². The first-order valence-corrected chi connectivity index (χ1v) is 6.93. The molecule has 2 N–H and O–H groups in total. The SMILES string of the molecule is O=C(CNc1ccc(Br)cc1F)NC1CCCC1. The predicted molar refractivity (Wildman–Crippen MR) is 73.0 cm³/mol. The number of anilines is 1. The summed E-state index contributed by atoms with van der Waals surface area (Å²) in [7, 11) is 0. The first-order chi connectivity index (χ1) is 8.65. The van der Waals surface area contributed by atoms with Gasteiger partial charge in [-0.2, -0.15) is 0 Å². The molecule has 18 heavy (non-hydrogen) atoms. The van der Waals surface area contributed by atoms with Crippen molar-refractivity contribution in [1.82, 2.24) is 5.32 Å². The molecule has 0 radical (unpaired) electrons. The molecule has 1 fully saturated rings. The summed E-state index contributed by atoms with van der Waals surface area (Å²) in [5, 5.41) is 5.75. The average molecular weight is 315 g/mol. The van der Waals surface area contributed by atoms with Gasteiger partial charge in [-0.15, -0.1) is 0 Å². The third-order valence-electron chi connectivity index (χ3n) is 3.09. The summed E-state index contributed by atoms with van der Waals surface area (Å²) in [4.78, 5) is 11.6. The second kappa shape index (κ2) is 6.18. The minimum Gasteiger partial charge on any atom is -0.374 e. The monoisotopic (exact) mass is 314 g/mol. The molecule has 1 aliphatic carbocycles. The third-order valence-corrected chi connectivity index (χ3v) is 3.58. The molecule has 0 heterocycles. The Kier molecular flexibility index (Phi) is 4.58. The Labute approximate surface area is 114 Å². The van der Waals surface area contributed by atoms with Crippen molar-refractivity contribution in [3.05, 3.63) is 28.5 Å². The van der Waals surface area contributed by atoms with Crippen LogP contribution in [0.5, 0.6) is 0 Å². The van der Waals surface area contributed by atoms with E-state index in [0.29, 0.717) is 16.2 Å². The van der Waals surface area contributed by atoms with Gasteiger partial charge in [0.1, 0.15) is 5.82 Å². The van der Waals surface area contributed by atoms with Crippen LogP contribution in [0.3, 0.4) is 0 Å². The van der Waals surface area contributed by atoms with Gasteiger partial charge in [-0.05, 0) is 31.0 Å². The molecule has 3 nitrogen and oxygen atoms in total. The van der Waals surface area contributed by atoms with Crippen LogP contribution in [0.2, 0.25) is 0 Å². The van der Waals surface area contributed by atoms with Crippen LogP contribution < -0.4 is 10.6 Å². The highest BCUT2D eigenvalue weighted by atomic mass is 79.9. The highest BCUT2D eigenvalue weighted by molar-refractivity contribution is 9.10. The Morgan fingerprint density at radius 3 is 2.78 bits per heavy atom. The lowest BCUT2D eigenvalue weighted by atomic mass is 10.2. The van der Waals surface area contributed by atoms with E-state index in [1.54, 1.807) is 12.1 Å². The van der Waals surface area contributed by atoms with E-state index in [1.807, 2.05) is 0 Å². The second-order valence-electron chi connectivity index (χ2n) is 4.53. The summed E-state index contributed by atoms with van der Waals surface area (Å²) < 4.78 is 14.2. The molecule has 0 saturated heterocycles. The molecule has 1 aromatic carbocycles. The molecule has 1 amide bonds. The van der Waals surface area contributed by atoms with Crippen molar-refractivity contribution in [2.45, 2.75) is 31.7 Å². The number of carbonyl (C=O) groups excluding carboxylic acids is 1. The van der Waals surface area contributed by atoms with Crippen LogP contribution in [0.15, 0.2) is 22.7 Å². The standard InChI is InChI=1S/C13H16BrFN2O/c14-9-5-6-12(11(15)7-9)16-8-13(18)17-10-3-1-2-4-10/h5-7,10,16H,1-4,8H2,(H,17,18). The lowest BCUT2D eigenvalue weighted by Crippen LogP contribution is -2.36. The van der Waals surface area contributed by atoms with Crippen molar-refractivity contribution in [3.8, 4) is 0 Å². The lowest BCUT2D eigenvalue weighted by Gasteiger charge is -2.13. The summed E-state index contributed by atoms with van der Waals surface area (Å²) in [6.45, 7) is 0.106. The van der Waals surface area contributed by atoms with E-state index in [-0.39, 0.29) is 18.3 Å². The summed E-state index contributed by atoms with van der Waals surface area (Å²) in [5.74, 6) is -0.442. The molecule has 0 spiro atoms. The Bertz CT molecular complexity index is 433. The number of hydrogen-bond acceptors (Lipinski definition) is 2. The molecule has 0 atom stereocenters. The third kappa shape index (κ3) is 3.70. The fourth-order valence-corrected chi connectivity index (χ4v) is 2.49. The number of amides is 1. The van der Waals surface area contributed by atoms with Gasteiger partial charge in [0.15, 0.2) is 0 Å². The van der Waals surface area contributed by atoms with Crippen LogP contribution in [-0.4, -0.2) is 18.5 Å². The van der Waals surface area contributed by atoms with Gasteiger partial charge in [0.05, 0.1) is 12.2 Å². The quantitative estimate of drug-likeness (QED) is 0.896. The smallest absolute Gasteiger partial charge is 0.239 e. The number of carbonyl (C=O) groups is 1. The van der Waals surface area contributed by atoms with E-state index in [4.69, 9.17) is 0 Å². The Morgan fingerprint density at radius 1 is 1.39 bits per heavy atom. The molecule has 1 aromatic rings. The molecule has 5 heteroatoms. The van der Waals surface area contributed by atoms with Crippen molar-refractivity contribution in [2.75, 3.05) is 11.9 Å². The summed E-state index contributed by atoms with van der Waals surface area (Å²) in [5.41, 5.74) is 0.347. The second-order valence-corrected chi connectivity index (χ2v) is 5.44. The fourth-order valence-electron chi connectivity index (χ4n) is 2.16. The van der Waals surface area contributed by atoms with Gasteiger partial charge >= 0.3 is 0 Å². The van der Waals surface area contributed by atoms with Gasteiger partial charge in [-0.3, -0.25) is 4.79 Å². The van der Waals surface area contributed by atoms with E-state index in [2.05, 4.69) is 26.6 Å². The van der Waals surface area contributed by atoms with Crippen LogP contribution in [0.1, 0.15) is 25.7 Å². The molecule has 0 aliphatic heterocycles. The first-order valence-electron chi connectivity index (χ1n) is 6.13. The minimum absolute atomic E-state index is 0.0794. The maximum absolute atomic E-state index is 13.5. The van der Waals surface area contributed by atoms with E-state index in [0.717, 1.165) is 12.8 Å². The molecule has 98 valence electrons. The van der Waals surface area contributed by atoms with Crippen LogP contribution in [0.25, 0.3) is 0 Å². The van der Waals surface area contributed by atoms with Crippen LogP contribution in [0, 0.1) is 5.82 Å². The van der Waals surface area contributed by atoms with E-state index < -0.39 is 0 Å². The normalized spacial score (nSPS) is 15.7. The highest BCUT2D eigenvalue weighted by Gasteiger charge is 2.16. The maximum atomic E-state index is 13.5. The number of nitrogens with one attached hydrogen (secondary N) is 2. The van der Waals surface area contributed by atoms with Crippen molar-refractivity contribution in [2.24, 2.45) is 0 Å². The number of halogens is 2. The van der Waals surface area contributed by atoms with Crippen LogP contribution in [0.4, 0.5) is 10.1 Å². The summed E-state index contributed by atoms with van der Waals surface area (Å²) in [6.07, 6.45) is 4.47. The van der Waals surface area contributed by atoms with Crippen molar-refractivity contribution < 1.29 is 9.18 Å². The Balaban J connectivity index is 1.81. The molecule has 0 unspecified atom stereocenters. The van der Waals surface area contributed by atoms with Gasteiger partial charge in [-0.25, -0.2) is 4.39 Å². The molecular formula is C13H16BrFN2O. The van der Waals surface area contributed by atoms with Crippen molar-refractivity contribution in [1.29, 1.82) is 0 Å². The molecular weight excluding hydrogens is 299 g/mol. The average Bonchev–Trinajstić information content (AvgIpc) is 2.80. The molecule has 0 aromatic heterocycles. The lowest BCUT2D eigenvalue weighted by molar-refractivity contribution is -0.120. The fraction of sp³-hybridized carbons (Fsp3) is 0.462. The predicted octanol–water partition coefficient (Wildman–Crippen LogP) is 3.06. The Morgan fingerprint density at radius 2 is 2.11 bits per heavy atom. The molecule has 1 saturated carbocycles.